The van der Waals surface area contributed by atoms with Crippen LogP contribution in [0.25, 0.3) is 0 Å². The van der Waals surface area contributed by atoms with Crippen molar-refractivity contribution in [1.29, 1.82) is 5.26 Å². The Kier molecular flexibility index (Phi) is 2.27. The Balaban J connectivity index is 2.13. The first kappa shape index (κ1) is 10.8. The SMILES string of the molecule is N#CC1(C2(O)CCCc3ccccc32)CCC1. The number of aliphatic hydroxyl groups is 1. The van der Waals surface area contributed by atoms with E-state index in [9.17, 15) is 10.4 Å². The van der Waals surface area contributed by atoms with Crippen LogP contribution in [0.5, 0.6) is 0 Å². The fraction of sp³-hybridized carbons (Fsp3) is 0.533. The molecule has 1 atom stereocenters. The number of rotatable bonds is 1. The predicted molar refractivity (Wildman–Crippen MR) is 65.2 cm³/mol. The Labute approximate surface area is 102 Å². The molecule has 3 rings (SSSR count). The molecule has 0 amide bonds. The third kappa shape index (κ3) is 1.29. The summed E-state index contributed by atoms with van der Waals surface area (Å²) in [7, 11) is 0. The summed E-state index contributed by atoms with van der Waals surface area (Å²) in [4.78, 5) is 0. The van der Waals surface area contributed by atoms with Gasteiger partial charge in [0.05, 0.1) is 11.5 Å². The second-order valence-corrected chi connectivity index (χ2v) is 5.42. The number of nitriles is 1. The Morgan fingerprint density at radius 1 is 1.12 bits per heavy atom. The Morgan fingerprint density at radius 3 is 2.53 bits per heavy atom. The summed E-state index contributed by atoms with van der Waals surface area (Å²) < 4.78 is 0. The van der Waals surface area contributed by atoms with Gasteiger partial charge in [-0.05, 0) is 43.2 Å². The average molecular weight is 227 g/mol. The van der Waals surface area contributed by atoms with E-state index in [0.29, 0.717) is 0 Å². The Hall–Kier alpha value is -1.33. The van der Waals surface area contributed by atoms with Crippen molar-refractivity contribution in [1.82, 2.24) is 0 Å². The number of nitrogens with zero attached hydrogens (tertiary/aromatic N) is 1. The van der Waals surface area contributed by atoms with Gasteiger partial charge in [-0.2, -0.15) is 5.26 Å². The van der Waals surface area contributed by atoms with Gasteiger partial charge in [0.2, 0.25) is 0 Å². The number of fused-ring (bicyclic) bond motifs is 1. The second-order valence-electron chi connectivity index (χ2n) is 5.42. The Bertz CT molecular complexity index is 484. The van der Waals surface area contributed by atoms with Gasteiger partial charge in [-0.1, -0.05) is 30.7 Å². The van der Waals surface area contributed by atoms with E-state index in [1.54, 1.807) is 0 Å². The number of benzene rings is 1. The van der Waals surface area contributed by atoms with Crippen molar-refractivity contribution in [3.8, 4) is 6.07 Å². The zero-order valence-corrected chi connectivity index (χ0v) is 9.95. The summed E-state index contributed by atoms with van der Waals surface area (Å²) in [6, 6.07) is 10.5. The summed E-state index contributed by atoms with van der Waals surface area (Å²) in [6.07, 6.45) is 5.50. The van der Waals surface area contributed by atoms with Gasteiger partial charge in [-0.15, -0.1) is 0 Å². The highest BCUT2D eigenvalue weighted by atomic mass is 16.3. The highest BCUT2D eigenvalue weighted by molar-refractivity contribution is 5.39. The third-order valence-electron chi connectivity index (χ3n) is 4.66. The van der Waals surface area contributed by atoms with E-state index in [1.165, 1.54) is 5.56 Å². The average Bonchev–Trinajstić information content (AvgIpc) is 2.29. The number of hydrogen-bond acceptors (Lipinski definition) is 2. The molecule has 2 nitrogen and oxygen atoms in total. The van der Waals surface area contributed by atoms with E-state index in [0.717, 1.165) is 44.1 Å². The summed E-state index contributed by atoms with van der Waals surface area (Å²) in [5.74, 6) is 0. The first-order chi connectivity index (χ1) is 8.22. The lowest BCUT2D eigenvalue weighted by atomic mass is 9.54. The zero-order chi connectivity index (χ0) is 11.9. The van der Waals surface area contributed by atoms with E-state index < -0.39 is 11.0 Å². The highest BCUT2D eigenvalue weighted by Gasteiger charge is 2.56. The van der Waals surface area contributed by atoms with Gasteiger partial charge in [-0.3, -0.25) is 0 Å². The molecular formula is C15H17NO. The highest BCUT2D eigenvalue weighted by Crippen LogP contribution is 2.57. The largest absolute Gasteiger partial charge is 0.383 e. The molecule has 17 heavy (non-hydrogen) atoms. The first-order valence-electron chi connectivity index (χ1n) is 6.44. The molecule has 1 aromatic carbocycles. The van der Waals surface area contributed by atoms with Crippen molar-refractivity contribution in [2.24, 2.45) is 5.41 Å². The van der Waals surface area contributed by atoms with Gasteiger partial charge in [0.15, 0.2) is 0 Å². The maximum atomic E-state index is 11.1. The van der Waals surface area contributed by atoms with Crippen molar-refractivity contribution < 1.29 is 5.11 Å². The number of hydrogen-bond donors (Lipinski definition) is 1. The van der Waals surface area contributed by atoms with Crippen LogP contribution in [0.15, 0.2) is 24.3 Å². The quantitative estimate of drug-likeness (QED) is 0.801. The molecule has 0 heterocycles. The molecule has 1 unspecified atom stereocenters. The molecule has 0 aliphatic heterocycles. The molecule has 0 aromatic heterocycles. The fourth-order valence-corrected chi connectivity index (χ4v) is 3.46. The molecule has 2 aliphatic carbocycles. The number of aryl methyl sites for hydroxylation is 1. The molecule has 0 radical (unpaired) electrons. The molecule has 0 bridgehead atoms. The molecular weight excluding hydrogens is 210 g/mol. The summed E-state index contributed by atoms with van der Waals surface area (Å²) in [5.41, 5.74) is 0.800. The molecule has 2 aliphatic rings. The topological polar surface area (TPSA) is 44.0 Å². The van der Waals surface area contributed by atoms with Gasteiger partial charge in [-0.25, -0.2) is 0 Å². The van der Waals surface area contributed by atoms with Gasteiger partial charge in [0, 0.05) is 0 Å². The van der Waals surface area contributed by atoms with Crippen LogP contribution in [0.3, 0.4) is 0 Å². The fourth-order valence-electron chi connectivity index (χ4n) is 3.46. The van der Waals surface area contributed by atoms with Crippen LogP contribution in [0.1, 0.15) is 43.2 Å². The lowest BCUT2D eigenvalue weighted by Crippen LogP contribution is -2.51. The van der Waals surface area contributed by atoms with Crippen LogP contribution in [0, 0.1) is 16.7 Å². The summed E-state index contributed by atoms with van der Waals surface area (Å²) >= 11 is 0. The third-order valence-corrected chi connectivity index (χ3v) is 4.66. The second kappa shape index (κ2) is 3.58. The van der Waals surface area contributed by atoms with Crippen molar-refractivity contribution >= 4 is 0 Å². The smallest absolute Gasteiger partial charge is 0.108 e. The van der Waals surface area contributed by atoms with Crippen LogP contribution < -0.4 is 0 Å². The maximum absolute atomic E-state index is 11.1. The normalized spacial score (nSPS) is 29.9. The van der Waals surface area contributed by atoms with Crippen LogP contribution in [0.2, 0.25) is 0 Å². The van der Waals surface area contributed by atoms with Gasteiger partial charge < -0.3 is 5.11 Å². The molecule has 1 N–H and O–H groups in total. The van der Waals surface area contributed by atoms with E-state index in [-0.39, 0.29) is 0 Å². The van der Waals surface area contributed by atoms with Crippen LogP contribution in [-0.4, -0.2) is 5.11 Å². The van der Waals surface area contributed by atoms with Crippen LogP contribution in [-0.2, 0) is 12.0 Å². The lowest BCUT2D eigenvalue weighted by molar-refractivity contribution is -0.112. The van der Waals surface area contributed by atoms with Crippen molar-refractivity contribution in [3.63, 3.8) is 0 Å². The maximum Gasteiger partial charge on any atom is 0.108 e. The van der Waals surface area contributed by atoms with E-state index in [4.69, 9.17) is 0 Å². The molecule has 0 spiro atoms. The summed E-state index contributed by atoms with van der Waals surface area (Å²) in [5, 5.41) is 20.5. The van der Waals surface area contributed by atoms with Crippen molar-refractivity contribution in [3.05, 3.63) is 35.4 Å². The molecule has 0 saturated heterocycles. The minimum absolute atomic E-state index is 0.524. The van der Waals surface area contributed by atoms with Gasteiger partial charge in [0.25, 0.3) is 0 Å². The lowest BCUT2D eigenvalue weighted by Gasteiger charge is -2.51. The van der Waals surface area contributed by atoms with Crippen LogP contribution >= 0.6 is 0 Å². The minimum Gasteiger partial charge on any atom is -0.383 e. The van der Waals surface area contributed by atoms with Crippen molar-refractivity contribution in [2.75, 3.05) is 0 Å². The minimum atomic E-state index is -0.908. The van der Waals surface area contributed by atoms with E-state index in [2.05, 4.69) is 12.1 Å². The Morgan fingerprint density at radius 2 is 1.88 bits per heavy atom. The molecule has 88 valence electrons. The molecule has 1 saturated carbocycles. The van der Waals surface area contributed by atoms with Gasteiger partial charge >= 0.3 is 0 Å². The molecule has 1 aromatic rings. The standard InChI is InChI=1S/C15H17NO/c16-11-14(8-4-9-14)15(17)10-3-6-12-5-1-2-7-13(12)15/h1-2,5,7,17H,3-4,6,8-10H2. The summed E-state index contributed by atoms with van der Waals surface area (Å²) in [6.45, 7) is 0. The van der Waals surface area contributed by atoms with Crippen molar-refractivity contribution in [2.45, 2.75) is 44.1 Å². The van der Waals surface area contributed by atoms with Gasteiger partial charge in [0.1, 0.15) is 5.60 Å². The molecule has 2 heteroatoms. The predicted octanol–water partition coefficient (Wildman–Crippen LogP) is 2.90. The zero-order valence-electron chi connectivity index (χ0n) is 9.95. The van der Waals surface area contributed by atoms with E-state index in [1.807, 2.05) is 18.2 Å². The monoisotopic (exact) mass is 227 g/mol. The van der Waals surface area contributed by atoms with E-state index >= 15 is 0 Å². The van der Waals surface area contributed by atoms with Crippen LogP contribution in [0.4, 0.5) is 0 Å². The first-order valence-corrected chi connectivity index (χ1v) is 6.44. The molecule has 1 fully saturated rings.